The van der Waals surface area contributed by atoms with Gasteiger partial charge in [0.1, 0.15) is 0 Å². The number of nitrogens with one attached hydrogen (secondary N) is 1. The normalized spacial score (nSPS) is 15.9. The Kier molecular flexibility index (Phi) is 5.95. The monoisotopic (exact) mass is 395 g/mol. The van der Waals surface area contributed by atoms with Gasteiger partial charge in [0.15, 0.2) is 11.5 Å². The summed E-state index contributed by atoms with van der Waals surface area (Å²) in [7, 11) is 0. The van der Waals surface area contributed by atoms with Gasteiger partial charge in [-0.3, -0.25) is 14.5 Å². The molecule has 1 N–H and O–H groups in total. The first-order valence-corrected chi connectivity index (χ1v) is 9.91. The van der Waals surface area contributed by atoms with Gasteiger partial charge in [-0.2, -0.15) is 0 Å². The molecule has 7 nitrogen and oxygen atoms in total. The summed E-state index contributed by atoms with van der Waals surface area (Å²) in [5, 5.41) is 2.81. The van der Waals surface area contributed by atoms with Gasteiger partial charge in [-0.25, -0.2) is 0 Å². The van der Waals surface area contributed by atoms with Crippen LogP contribution in [-0.4, -0.2) is 61.1 Å². The van der Waals surface area contributed by atoms with Gasteiger partial charge in [-0.1, -0.05) is 30.3 Å². The Bertz CT molecular complexity index is 864. The van der Waals surface area contributed by atoms with E-state index < -0.39 is 0 Å². The van der Waals surface area contributed by atoms with Gasteiger partial charge in [0, 0.05) is 51.3 Å². The maximum atomic E-state index is 12.5. The zero-order valence-electron chi connectivity index (χ0n) is 16.3. The van der Waals surface area contributed by atoms with E-state index in [1.807, 2.05) is 23.1 Å². The van der Waals surface area contributed by atoms with Crippen LogP contribution >= 0.6 is 0 Å². The molecule has 2 amide bonds. The zero-order chi connectivity index (χ0) is 20.1. The van der Waals surface area contributed by atoms with E-state index in [-0.39, 0.29) is 18.6 Å². The van der Waals surface area contributed by atoms with Crippen molar-refractivity contribution in [3.63, 3.8) is 0 Å². The van der Waals surface area contributed by atoms with Crippen molar-refractivity contribution in [2.75, 3.05) is 39.5 Å². The van der Waals surface area contributed by atoms with E-state index in [1.165, 1.54) is 5.56 Å². The fourth-order valence-electron chi connectivity index (χ4n) is 3.58. The summed E-state index contributed by atoms with van der Waals surface area (Å²) < 4.78 is 10.5. The molecule has 2 aliphatic rings. The Balaban J connectivity index is 1.18. The molecule has 2 aromatic carbocycles. The Morgan fingerprint density at radius 2 is 1.69 bits per heavy atom. The van der Waals surface area contributed by atoms with Crippen molar-refractivity contribution >= 4 is 11.8 Å². The smallest absolute Gasteiger partial charge is 0.251 e. The average Bonchev–Trinajstić information content (AvgIpc) is 3.23. The van der Waals surface area contributed by atoms with Crippen LogP contribution in [0.4, 0.5) is 0 Å². The Morgan fingerprint density at radius 1 is 0.931 bits per heavy atom. The number of carbonyl (C=O) groups excluding carboxylic acids is 2. The zero-order valence-corrected chi connectivity index (χ0v) is 16.3. The Morgan fingerprint density at radius 3 is 2.48 bits per heavy atom. The number of benzene rings is 2. The second kappa shape index (κ2) is 8.96. The molecule has 7 heteroatoms. The fourth-order valence-corrected chi connectivity index (χ4v) is 3.58. The summed E-state index contributed by atoms with van der Waals surface area (Å²) in [5.41, 5.74) is 1.79. The first kappa shape index (κ1) is 19.3. The first-order valence-electron chi connectivity index (χ1n) is 9.91. The van der Waals surface area contributed by atoms with E-state index in [2.05, 4.69) is 22.3 Å². The second-order valence-electron chi connectivity index (χ2n) is 7.22. The predicted octanol–water partition coefficient (Wildman–Crippen LogP) is 1.88. The largest absolute Gasteiger partial charge is 0.454 e. The molecule has 2 heterocycles. The van der Waals surface area contributed by atoms with E-state index in [9.17, 15) is 9.59 Å². The van der Waals surface area contributed by atoms with Gasteiger partial charge >= 0.3 is 0 Å². The molecule has 0 aromatic heterocycles. The summed E-state index contributed by atoms with van der Waals surface area (Å²) in [6.45, 7) is 4.58. The number of hydrogen-bond acceptors (Lipinski definition) is 5. The lowest BCUT2D eigenvalue weighted by atomic mass is 10.2. The fraction of sp³-hybridized carbons (Fsp3) is 0.364. The number of fused-ring (bicyclic) bond motifs is 1. The van der Waals surface area contributed by atoms with Crippen molar-refractivity contribution < 1.29 is 19.1 Å². The van der Waals surface area contributed by atoms with Crippen molar-refractivity contribution in [2.45, 2.75) is 13.0 Å². The molecule has 4 rings (SSSR count). The van der Waals surface area contributed by atoms with E-state index in [0.29, 0.717) is 30.0 Å². The molecular formula is C22H25N3O4. The molecule has 2 aromatic rings. The SMILES string of the molecule is O=C(NCCC(=O)N1CCN(Cc2ccccc2)CC1)c1ccc2c(c1)OCO2. The standard InChI is InChI=1S/C22H25N3O4/c26-21(25-12-10-24(11-13-25)15-17-4-2-1-3-5-17)8-9-23-22(27)18-6-7-19-20(14-18)29-16-28-19/h1-7,14H,8-13,15-16H2,(H,23,27). The number of nitrogens with zero attached hydrogens (tertiary/aromatic N) is 2. The van der Waals surface area contributed by atoms with Gasteiger partial charge < -0.3 is 19.7 Å². The summed E-state index contributed by atoms with van der Waals surface area (Å²) >= 11 is 0. The third kappa shape index (κ3) is 4.86. The summed E-state index contributed by atoms with van der Waals surface area (Å²) in [4.78, 5) is 29.0. The van der Waals surface area contributed by atoms with Crippen LogP contribution in [0.1, 0.15) is 22.3 Å². The highest BCUT2D eigenvalue weighted by molar-refractivity contribution is 5.95. The summed E-state index contributed by atoms with van der Waals surface area (Å²) in [6, 6.07) is 15.4. The molecule has 29 heavy (non-hydrogen) atoms. The van der Waals surface area contributed by atoms with E-state index in [4.69, 9.17) is 9.47 Å². The van der Waals surface area contributed by atoms with Gasteiger partial charge in [0.25, 0.3) is 5.91 Å². The first-order chi connectivity index (χ1) is 14.2. The van der Waals surface area contributed by atoms with Gasteiger partial charge in [0.2, 0.25) is 12.7 Å². The van der Waals surface area contributed by atoms with Gasteiger partial charge in [-0.15, -0.1) is 0 Å². The molecule has 152 valence electrons. The highest BCUT2D eigenvalue weighted by atomic mass is 16.7. The van der Waals surface area contributed by atoms with Crippen molar-refractivity contribution in [1.82, 2.24) is 15.1 Å². The van der Waals surface area contributed by atoms with Crippen LogP contribution in [0.15, 0.2) is 48.5 Å². The van der Waals surface area contributed by atoms with Crippen molar-refractivity contribution in [3.8, 4) is 11.5 Å². The minimum Gasteiger partial charge on any atom is -0.454 e. The lowest BCUT2D eigenvalue weighted by molar-refractivity contribution is -0.132. The molecule has 0 spiro atoms. The van der Waals surface area contributed by atoms with E-state index in [0.717, 1.165) is 32.7 Å². The van der Waals surface area contributed by atoms with Crippen LogP contribution < -0.4 is 14.8 Å². The van der Waals surface area contributed by atoms with Crippen molar-refractivity contribution in [3.05, 3.63) is 59.7 Å². The summed E-state index contributed by atoms with van der Waals surface area (Å²) in [5.74, 6) is 1.07. The Hall–Kier alpha value is -3.06. The highest BCUT2D eigenvalue weighted by Crippen LogP contribution is 2.32. The molecule has 1 saturated heterocycles. The average molecular weight is 395 g/mol. The van der Waals surface area contributed by atoms with Gasteiger partial charge in [-0.05, 0) is 23.8 Å². The quantitative estimate of drug-likeness (QED) is 0.809. The van der Waals surface area contributed by atoms with Crippen molar-refractivity contribution in [1.29, 1.82) is 0 Å². The predicted molar refractivity (Wildman–Crippen MR) is 108 cm³/mol. The van der Waals surface area contributed by atoms with Crippen LogP contribution in [0.2, 0.25) is 0 Å². The van der Waals surface area contributed by atoms with Crippen LogP contribution in [-0.2, 0) is 11.3 Å². The number of ether oxygens (including phenoxy) is 2. The molecular weight excluding hydrogens is 370 g/mol. The number of hydrogen-bond donors (Lipinski definition) is 1. The van der Waals surface area contributed by atoms with Crippen LogP contribution in [0.5, 0.6) is 11.5 Å². The number of carbonyl (C=O) groups is 2. The third-order valence-corrected chi connectivity index (χ3v) is 5.23. The molecule has 2 aliphatic heterocycles. The molecule has 0 atom stereocenters. The molecule has 0 radical (unpaired) electrons. The lowest BCUT2D eigenvalue weighted by Crippen LogP contribution is -2.48. The minimum atomic E-state index is -0.219. The second-order valence-corrected chi connectivity index (χ2v) is 7.22. The maximum Gasteiger partial charge on any atom is 0.251 e. The van der Waals surface area contributed by atoms with E-state index >= 15 is 0 Å². The molecule has 0 bridgehead atoms. The number of piperazine rings is 1. The molecule has 0 unspecified atom stereocenters. The lowest BCUT2D eigenvalue weighted by Gasteiger charge is -2.34. The van der Waals surface area contributed by atoms with Gasteiger partial charge in [0.05, 0.1) is 0 Å². The molecule has 1 fully saturated rings. The summed E-state index contributed by atoms with van der Waals surface area (Å²) in [6.07, 6.45) is 0.301. The molecule has 0 saturated carbocycles. The van der Waals surface area contributed by atoms with E-state index in [1.54, 1.807) is 18.2 Å². The highest BCUT2D eigenvalue weighted by Gasteiger charge is 2.21. The van der Waals surface area contributed by atoms with Crippen molar-refractivity contribution in [2.24, 2.45) is 0 Å². The van der Waals surface area contributed by atoms with Crippen LogP contribution in [0.3, 0.4) is 0 Å². The minimum absolute atomic E-state index is 0.0790. The topological polar surface area (TPSA) is 71.1 Å². The maximum absolute atomic E-state index is 12.5. The third-order valence-electron chi connectivity index (χ3n) is 5.23. The Labute approximate surface area is 170 Å². The number of amides is 2. The van der Waals surface area contributed by atoms with Crippen LogP contribution in [0.25, 0.3) is 0 Å². The molecule has 0 aliphatic carbocycles. The van der Waals surface area contributed by atoms with Crippen LogP contribution in [0, 0.1) is 0 Å². The number of rotatable bonds is 6.